The molecule has 3 rings (SSSR count). The van der Waals surface area contributed by atoms with Gasteiger partial charge in [-0.05, 0) is 36.1 Å². The molecular weight excluding hydrogens is 260 g/mol. The van der Waals surface area contributed by atoms with E-state index in [1.165, 1.54) is 29.0 Å². The number of carbonyl (C=O) groups excluding carboxylic acids is 2. The van der Waals surface area contributed by atoms with Crippen molar-refractivity contribution in [3.05, 3.63) is 40.8 Å². The molecule has 0 saturated carbocycles. The van der Waals surface area contributed by atoms with Crippen molar-refractivity contribution >= 4 is 22.6 Å². The number of imide groups is 1. The fourth-order valence-corrected chi connectivity index (χ4v) is 2.44. The maximum absolute atomic E-state index is 12.4. The maximum Gasteiger partial charge on any atom is 0.259 e. The molecule has 102 valence electrons. The number of nitrogens with zero attached hydrogens (tertiary/aromatic N) is 1. The zero-order valence-corrected chi connectivity index (χ0v) is 10.5. The van der Waals surface area contributed by atoms with Crippen LogP contribution in [0.5, 0.6) is 5.75 Å². The number of pyridine rings is 1. The van der Waals surface area contributed by atoms with Gasteiger partial charge in [0, 0.05) is 18.0 Å². The number of rotatable bonds is 1. The predicted molar refractivity (Wildman–Crippen MR) is 71.3 cm³/mol. The molecule has 0 spiro atoms. The number of hydrogen-bond acceptors (Lipinski definition) is 4. The second-order valence-electron chi connectivity index (χ2n) is 4.77. The van der Waals surface area contributed by atoms with Gasteiger partial charge in [-0.2, -0.15) is 0 Å². The van der Waals surface area contributed by atoms with E-state index >= 15 is 0 Å². The van der Waals surface area contributed by atoms with E-state index in [0.717, 1.165) is 0 Å². The van der Waals surface area contributed by atoms with Crippen molar-refractivity contribution in [2.75, 3.05) is 0 Å². The number of fused-ring (bicyclic) bond motifs is 1. The molecule has 1 aliphatic rings. The minimum atomic E-state index is -0.668. The van der Waals surface area contributed by atoms with Crippen LogP contribution in [0.25, 0.3) is 10.8 Å². The Bertz CT molecular complexity index is 778. The number of aromatic nitrogens is 1. The quantitative estimate of drug-likeness (QED) is 0.747. The van der Waals surface area contributed by atoms with Crippen LogP contribution in [-0.2, 0) is 9.59 Å². The van der Waals surface area contributed by atoms with Gasteiger partial charge in [-0.25, -0.2) is 0 Å². The van der Waals surface area contributed by atoms with E-state index in [-0.39, 0.29) is 23.6 Å². The molecule has 1 fully saturated rings. The Balaban J connectivity index is 2.11. The van der Waals surface area contributed by atoms with Crippen molar-refractivity contribution in [1.82, 2.24) is 9.88 Å². The van der Waals surface area contributed by atoms with E-state index < -0.39 is 11.9 Å². The van der Waals surface area contributed by atoms with Crippen LogP contribution in [0.3, 0.4) is 0 Å². The second kappa shape index (κ2) is 4.48. The van der Waals surface area contributed by atoms with Crippen LogP contribution < -0.4 is 10.9 Å². The molecule has 6 nitrogen and oxygen atoms in total. The van der Waals surface area contributed by atoms with E-state index in [4.69, 9.17) is 0 Å². The first-order chi connectivity index (χ1) is 9.56. The zero-order chi connectivity index (χ0) is 14.3. The lowest BCUT2D eigenvalue weighted by molar-refractivity contribution is -0.135. The fourth-order valence-electron chi connectivity index (χ4n) is 2.44. The highest BCUT2D eigenvalue weighted by molar-refractivity contribution is 5.99. The number of nitrogens with one attached hydrogen (secondary N) is 1. The summed E-state index contributed by atoms with van der Waals surface area (Å²) in [5, 5.41) is 12.7. The Morgan fingerprint density at radius 3 is 2.75 bits per heavy atom. The van der Waals surface area contributed by atoms with Crippen LogP contribution >= 0.6 is 0 Å². The van der Waals surface area contributed by atoms with Crippen LogP contribution in [0, 0.1) is 0 Å². The minimum Gasteiger partial charge on any atom is -0.508 e. The molecule has 6 heteroatoms. The number of phenolic OH excluding ortho intramolecular Hbond substituents is 1. The molecular formula is C14H12N2O4. The fraction of sp³-hybridized carbons (Fsp3) is 0.214. The van der Waals surface area contributed by atoms with Gasteiger partial charge in [0.1, 0.15) is 11.8 Å². The molecule has 2 aromatic rings. The van der Waals surface area contributed by atoms with Crippen molar-refractivity contribution < 1.29 is 14.7 Å². The summed E-state index contributed by atoms with van der Waals surface area (Å²) in [5.41, 5.74) is -0.308. The summed E-state index contributed by atoms with van der Waals surface area (Å²) in [4.78, 5) is 35.3. The number of amides is 2. The molecule has 1 atom stereocenters. The van der Waals surface area contributed by atoms with E-state index in [9.17, 15) is 19.5 Å². The van der Waals surface area contributed by atoms with Gasteiger partial charge in [0.15, 0.2) is 0 Å². The number of benzene rings is 1. The largest absolute Gasteiger partial charge is 0.508 e. The number of aromatic hydroxyl groups is 1. The van der Waals surface area contributed by atoms with E-state index in [1.54, 1.807) is 6.07 Å². The van der Waals surface area contributed by atoms with Gasteiger partial charge in [0.05, 0.1) is 0 Å². The van der Waals surface area contributed by atoms with Crippen LogP contribution in [0.4, 0.5) is 0 Å². The zero-order valence-electron chi connectivity index (χ0n) is 10.5. The third kappa shape index (κ3) is 1.95. The van der Waals surface area contributed by atoms with Crippen LogP contribution in [0.15, 0.2) is 35.3 Å². The first-order valence-electron chi connectivity index (χ1n) is 6.24. The molecule has 2 amide bonds. The molecule has 0 bridgehead atoms. The predicted octanol–water partition coefficient (Wildman–Crippen LogP) is 0.685. The Hall–Kier alpha value is -2.63. The molecule has 0 radical (unpaired) electrons. The SMILES string of the molecule is O=C1CCC(n2ccc3cc(O)ccc3c2=O)C(=O)N1. The van der Waals surface area contributed by atoms with Crippen LogP contribution in [0.2, 0.25) is 0 Å². The molecule has 1 unspecified atom stereocenters. The van der Waals surface area contributed by atoms with Crippen molar-refractivity contribution in [1.29, 1.82) is 0 Å². The third-order valence-corrected chi connectivity index (χ3v) is 3.46. The van der Waals surface area contributed by atoms with Crippen molar-refractivity contribution in [2.24, 2.45) is 0 Å². The Kier molecular flexibility index (Phi) is 2.78. The lowest BCUT2D eigenvalue weighted by Gasteiger charge is -2.23. The highest BCUT2D eigenvalue weighted by atomic mass is 16.3. The van der Waals surface area contributed by atoms with Gasteiger partial charge in [0.2, 0.25) is 11.8 Å². The number of phenols is 1. The molecule has 20 heavy (non-hydrogen) atoms. The number of carbonyl (C=O) groups is 2. The van der Waals surface area contributed by atoms with Crippen molar-refractivity contribution in [3.8, 4) is 5.75 Å². The summed E-state index contributed by atoms with van der Waals surface area (Å²) in [6, 6.07) is 5.44. The first-order valence-corrected chi connectivity index (χ1v) is 6.24. The second-order valence-corrected chi connectivity index (χ2v) is 4.77. The van der Waals surface area contributed by atoms with Gasteiger partial charge in [0.25, 0.3) is 5.56 Å². The molecule has 1 aromatic heterocycles. The average molecular weight is 272 g/mol. The van der Waals surface area contributed by atoms with Gasteiger partial charge >= 0.3 is 0 Å². The molecule has 1 aromatic carbocycles. The van der Waals surface area contributed by atoms with Crippen molar-refractivity contribution in [3.63, 3.8) is 0 Å². The smallest absolute Gasteiger partial charge is 0.259 e. The summed E-state index contributed by atoms with van der Waals surface area (Å²) >= 11 is 0. The third-order valence-electron chi connectivity index (χ3n) is 3.46. The molecule has 2 N–H and O–H groups in total. The topological polar surface area (TPSA) is 88.4 Å². The summed E-state index contributed by atoms with van der Waals surface area (Å²) < 4.78 is 1.33. The summed E-state index contributed by atoms with van der Waals surface area (Å²) in [6.45, 7) is 0. The first kappa shape index (κ1) is 12.4. The van der Waals surface area contributed by atoms with E-state index in [1.807, 2.05) is 0 Å². The molecule has 1 aliphatic heterocycles. The number of piperidine rings is 1. The van der Waals surface area contributed by atoms with Gasteiger partial charge in [-0.1, -0.05) is 0 Å². The summed E-state index contributed by atoms with van der Waals surface area (Å²) in [7, 11) is 0. The van der Waals surface area contributed by atoms with Gasteiger partial charge < -0.3 is 9.67 Å². The molecule has 2 heterocycles. The summed E-state index contributed by atoms with van der Waals surface area (Å²) in [6.07, 6.45) is 2.05. The van der Waals surface area contributed by atoms with Gasteiger partial charge in [-0.3, -0.25) is 19.7 Å². The Labute approximate surface area is 113 Å². The highest BCUT2D eigenvalue weighted by Crippen LogP contribution is 2.20. The van der Waals surface area contributed by atoms with E-state index in [0.29, 0.717) is 17.2 Å². The normalized spacial score (nSPS) is 19.1. The maximum atomic E-state index is 12.4. The Morgan fingerprint density at radius 2 is 2.00 bits per heavy atom. The molecule has 0 aliphatic carbocycles. The summed E-state index contributed by atoms with van der Waals surface area (Å²) in [5.74, 6) is -0.692. The lowest BCUT2D eigenvalue weighted by Crippen LogP contribution is -2.44. The minimum absolute atomic E-state index is 0.0793. The van der Waals surface area contributed by atoms with Crippen LogP contribution in [-0.4, -0.2) is 21.5 Å². The monoisotopic (exact) mass is 272 g/mol. The molecule has 1 saturated heterocycles. The van der Waals surface area contributed by atoms with Gasteiger partial charge in [-0.15, -0.1) is 0 Å². The Morgan fingerprint density at radius 1 is 1.20 bits per heavy atom. The van der Waals surface area contributed by atoms with E-state index in [2.05, 4.69) is 5.32 Å². The lowest BCUT2D eigenvalue weighted by atomic mass is 10.0. The number of hydrogen-bond donors (Lipinski definition) is 2. The standard InChI is InChI=1S/C14H12N2O4/c17-9-1-2-10-8(7-9)5-6-16(14(10)20)11-3-4-12(18)15-13(11)19/h1-2,5-7,11,17H,3-4H2,(H,15,18,19). The van der Waals surface area contributed by atoms with Crippen LogP contribution in [0.1, 0.15) is 18.9 Å². The highest BCUT2D eigenvalue weighted by Gasteiger charge is 2.28. The average Bonchev–Trinajstić information content (AvgIpc) is 2.40. The van der Waals surface area contributed by atoms with Crippen molar-refractivity contribution in [2.45, 2.75) is 18.9 Å².